The minimum atomic E-state index is -3.16. The number of hydrogen-bond acceptors (Lipinski definition) is 3. The van der Waals surface area contributed by atoms with Crippen molar-refractivity contribution < 1.29 is 8.42 Å². The van der Waals surface area contributed by atoms with Gasteiger partial charge in [-0.25, -0.2) is 8.42 Å². The fourth-order valence-electron chi connectivity index (χ4n) is 1.79. The first-order valence-corrected chi connectivity index (χ1v) is 7.83. The highest BCUT2D eigenvalue weighted by atomic mass is 32.2. The van der Waals surface area contributed by atoms with E-state index in [0.717, 1.165) is 17.8 Å². The van der Waals surface area contributed by atoms with Crippen LogP contribution in [0.2, 0.25) is 0 Å². The quantitative estimate of drug-likeness (QED) is 0.880. The van der Waals surface area contributed by atoms with Gasteiger partial charge in [-0.05, 0) is 42.9 Å². The molecule has 4 nitrogen and oxygen atoms in total. The molecule has 0 amide bonds. The number of hydrogen-bond donors (Lipinski definition) is 1. The maximum atomic E-state index is 11.4. The summed E-state index contributed by atoms with van der Waals surface area (Å²) in [5, 5.41) is 0. The number of H-pyrrole nitrogens is 1. The molecule has 0 aliphatic heterocycles. The molecule has 0 aliphatic carbocycles. The molecule has 1 heterocycles. The Balaban J connectivity index is 2.53. The molecule has 1 aromatic carbocycles. The zero-order chi connectivity index (χ0) is 13.3. The van der Waals surface area contributed by atoms with Crippen molar-refractivity contribution in [3.8, 4) is 5.69 Å². The van der Waals surface area contributed by atoms with Crippen LogP contribution in [0.1, 0.15) is 12.6 Å². The van der Waals surface area contributed by atoms with Crippen molar-refractivity contribution in [2.75, 3.05) is 6.26 Å². The number of imidazole rings is 1. The highest BCUT2D eigenvalue weighted by Crippen LogP contribution is 2.16. The summed E-state index contributed by atoms with van der Waals surface area (Å²) in [6, 6.07) is 6.72. The second kappa shape index (κ2) is 4.70. The Labute approximate surface area is 111 Å². The molecule has 0 aliphatic rings. The van der Waals surface area contributed by atoms with Gasteiger partial charge in [0.05, 0.1) is 4.90 Å². The summed E-state index contributed by atoms with van der Waals surface area (Å²) in [5.41, 5.74) is 1.93. The smallest absolute Gasteiger partial charge is 0.182 e. The first-order valence-electron chi connectivity index (χ1n) is 5.53. The molecule has 18 heavy (non-hydrogen) atoms. The highest BCUT2D eigenvalue weighted by molar-refractivity contribution is 7.90. The lowest BCUT2D eigenvalue weighted by Crippen LogP contribution is -2.01. The van der Waals surface area contributed by atoms with E-state index in [-0.39, 0.29) is 0 Å². The monoisotopic (exact) mass is 282 g/mol. The van der Waals surface area contributed by atoms with Crippen molar-refractivity contribution in [3.05, 3.63) is 40.9 Å². The molecule has 0 unspecified atom stereocenters. The van der Waals surface area contributed by atoms with Gasteiger partial charge in [0.2, 0.25) is 0 Å². The van der Waals surface area contributed by atoms with Crippen molar-refractivity contribution in [1.29, 1.82) is 0 Å². The van der Waals surface area contributed by atoms with Crippen molar-refractivity contribution in [3.63, 3.8) is 0 Å². The fourth-order valence-corrected chi connectivity index (χ4v) is 2.70. The largest absolute Gasteiger partial charge is 0.337 e. The van der Waals surface area contributed by atoms with E-state index in [4.69, 9.17) is 12.2 Å². The molecule has 0 fully saturated rings. The Bertz CT molecular complexity index is 709. The third-order valence-electron chi connectivity index (χ3n) is 2.74. The second-order valence-electron chi connectivity index (χ2n) is 4.04. The zero-order valence-electron chi connectivity index (χ0n) is 10.2. The first kappa shape index (κ1) is 13.0. The van der Waals surface area contributed by atoms with Gasteiger partial charge in [-0.1, -0.05) is 6.92 Å². The van der Waals surface area contributed by atoms with Gasteiger partial charge in [0.15, 0.2) is 14.6 Å². The molecule has 2 rings (SSSR count). The molecular weight excluding hydrogens is 268 g/mol. The van der Waals surface area contributed by atoms with E-state index >= 15 is 0 Å². The van der Waals surface area contributed by atoms with Crippen molar-refractivity contribution in [2.24, 2.45) is 0 Å². The SMILES string of the molecule is CCc1c[nH]c(=S)n1-c1ccc(S(C)(=O)=O)cc1. The maximum Gasteiger partial charge on any atom is 0.182 e. The number of aromatic amines is 1. The average Bonchev–Trinajstić information content (AvgIpc) is 2.69. The van der Waals surface area contributed by atoms with Gasteiger partial charge in [-0.2, -0.15) is 0 Å². The molecule has 0 radical (unpaired) electrons. The number of sulfone groups is 1. The van der Waals surface area contributed by atoms with Crippen LogP contribution in [0.3, 0.4) is 0 Å². The highest BCUT2D eigenvalue weighted by Gasteiger charge is 2.08. The van der Waals surface area contributed by atoms with Crippen LogP contribution in [-0.2, 0) is 16.3 Å². The topological polar surface area (TPSA) is 54.9 Å². The Kier molecular flexibility index (Phi) is 3.41. The maximum absolute atomic E-state index is 11.4. The van der Waals surface area contributed by atoms with E-state index in [1.165, 1.54) is 6.26 Å². The van der Waals surface area contributed by atoms with Crippen LogP contribution in [0.15, 0.2) is 35.4 Å². The summed E-state index contributed by atoms with van der Waals surface area (Å²) >= 11 is 5.22. The molecule has 6 heteroatoms. The minimum absolute atomic E-state index is 0.311. The lowest BCUT2D eigenvalue weighted by Gasteiger charge is -2.07. The van der Waals surface area contributed by atoms with Crippen LogP contribution in [-0.4, -0.2) is 24.2 Å². The third-order valence-corrected chi connectivity index (χ3v) is 4.17. The van der Waals surface area contributed by atoms with Gasteiger partial charge < -0.3 is 4.98 Å². The van der Waals surface area contributed by atoms with Gasteiger partial charge >= 0.3 is 0 Å². The third kappa shape index (κ3) is 2.39. The first-order chi connectivity index (χ1) is 8.43. The van der Waals surface area contributed by atoms with E-state index < -0.39 is 9.84 Å². The Morgan fingerprint density at radius 1 is 1.28 bits per heavy atom. The second-order valence-corrected chi connectivity index (χ2v) is 6.44. The molecule has 0 spiro atoms. The van der Waals surface area contributed by atoms with E-state index in [0.29, 0.717) is 9.67 Å². The lowest BCUT2D eigenvalue weighted by molar-refractivity contribution is 0.602. The molecule has 0 saturated carbocycles. The standard InChI is InChI=1S/C12H14N2O2S2/c1-3-9-8-13-12(17)14(9)10-4-6-11(7-5-10)18(2,15)16/h4-8H,3H2,1-2H3,(H,13,17). The van der Waals surface area contributed by atoms with E-state index in [9.17, 15) is 8.42 Å². The predicted octanol–water partition coefficient (Wildman–Crippen LogP) is 2.50. The van der Waals surface area contributed by atoms with E-state index in [1.54, 1.807) is 24.3 Å². The Morgan fingerprint density at radius 2 is 1.89 bits per heavy atom. The van der Waals surface area contributed by atoms with E-state index in [1.807, 2.05) is 17.7 Å². The van der Waals surface area contributed by atoms with Crippen LogP contribution in [0.25, 0.3) is 5.69 Å². The number of nitrogens with zero attached hydrogens (tertiary/aromatic N) is 1. The van der Waals surface area contributed by atoms with Crippen LogP contribution < -0.4 is 0 Å². The summed E-state index contributed by atoms with van der Waals surface area (Å²) in [4.78, 5) is 3.30. The van der Waals surface area contributed by atoms with Gasteiger partial charge in [0, 0.05) is 23.8 Å². The van der Waals surface area contributed by atoms with Crippen LogP contribution in [0.4, 0.5) is 0 Å². The van der Waals surface area contributed by atoms with Crippen LogP contribution in [0, 0.1) is 4.77 Å². The predicted molar refractivity (Wildman–Crippen MR) is 73.4 cm³/mol. The summed E-state index contributed by atoms with van der Waals surface area (Å²) in [6.07, 6.45) is 3.91. The van der Waals surface area contributed by atoms with Gasteiger partial charge in [0.1, 0.15) is 0 Å². The average molecular weight is 282 g/mol. The zero-order valence-corrected chi connectivity index (χ0v) is 11.8. The molecule has 0 bridgehead atoms. The van der Waals surface area contributed by atoms with Crippen molar-refractivity contribution >= 4 is 22.1 Å². The number of nitrogens with one attached hydrogen (secondary N) is 1. The summed E-state index contributed by atoms with van der Waals surface area (Å²) < 4.78 is 25.3. The lowest BCUT2D eigenvalue weighted by atomic mass is 10.3. The van der Waals surface area contributed by atoms with Gasteiger partial charge in [-0.3, -0.25) is 4.57 Å². The molecule has 1 aromatic heterocycles. The normalized spacial score (nSPS) is 11.7. The van der Waals surface area contributed by atoms with Crippen LogP contribution >= 0.6 is 12.2 Å². The molecule has 0 atom stereocenters. The fraction of sp³-hybridized carbons (Fsp3) is 0.250. The Hall–Kier alpha value is -1.40. The summed E-state index contributed by atoms with van der Waals surface area (Å²) in [5.74, 6) is 0. The van der Waals surface area contributed by atoms with E-state index in [2.05, 4.69) is 4.98 Å². The van der Waals surface area contributed by atoms with Crippen molar-refractivity contribution in [2.45, 2.75) is 18.2 Å². The summed E-state index contributed by atoms with van der Waals surface area (Å²) in [6.45, 7) is 2.04. The number of benzene rings is 1. The molecule has 0 saturated heterocycles. The number of aryl methyl sites for hydroxylation is 1. The summed E-state index contributed by atoms with van der Waals surface area (Å²) in [7, 11) is -3.16. The Morgan fingerprint density at radius 3 is 2.39 bits per heavy atom. The van der Waals surface area contributed by atoms with Gasteiger partial charge in [0.25, 0.3) is 0 Å². The van der Waals surface area contributed by atoms with Crippen molar-refractivity contribution in [1.82, 2.24) is 9.55 Å². The minimum Gasteiger partial charge on any atom is -0.337 e. The van der Waals surface area contributed by atoms with Crippen LogP contribution in [0.5, 0.6) is 0 Å². The number of rotatable bonds is 3. The molecule has 1 N–H and O–H groups in total. The molecule has 96 valence electrons. The number of aromatic nitrogens is 2. The molecular formula is C12H14N2O2S2. The molecule has 2 aromatic rings. The van der Waals surface area contributed by atoms with Gasteiger partial charge in [-0.15, -0.1) is 0 Å².